The van der Waals surface area contributed by atoms with Crippen LogP contribution < -0.4 is 9.30 Å². The molecule has 0 fully saturated rings. The van der Waals surface area contributed by atoms with E-state index in [9.17, 15) is 0 Å². The predicted molar refractivity (Wildman–Crippen MR) is 228 cm³/mol. The molecule has 12 rings (SSSR count). The van der Waals surface area contributed by atoms with Crippen LogP contribution in [0.15, 0.2) is 158 Å². The molecule has 5 aromatic heterocycles. The first kappa shape index (κ1) is 34.3. The molecule has 280 valence electrons. The van der Waals surface area contributed by atoms with Gasteiger partial charge in [0.05, 0.1) is 33.3 Å². The minimum atomic E-state index is 0. The quantitative estimate of drug-likeness (QED) is 0.128. The van der Waals surface area contributed by atoms with Crippen molar-refractivity contribution < 1.29 is 30.4 Å². The normalized spacial score (nSPS) is 11.8. The van der Waals surface area contributed by atoms with Crippen molar-refractivity contribution in [2.24, 2.45) is 14.1 Å². The zero-order chi connectivity index (χ0) is 37.8. The van der Waals surface area contributed by atoms with Gasteiger partial charge in [0.1, 0.15) is 5.82 Å². The smallest absolute Gasteiger partial charge is 0.268 e. The van der Waals surface area contributed by atoms with Crippen LogP contribution in [0.3, 0.4) is 0 Å². The average molecular weight is 928 g/mol. The van der Waals surface area contributed by atoms with Crippen LogP contribution in [0.5, 0.6) is 11.5 Å². The van der Waals surface area contributed by atoms with E-state index in [0.29, 0.717) is 11.5 Å². The van der Waals surface area contributed by atoms with Crippen LogP contribution in [0.1, 0.15) is 0 Å². The largest absolute Gasteiger partial charge is 0.510 e. The van der Waals surface area contributed by atoms with Crippen molar-refractivity contribution in [3.8, 4) is 28.7 Å². The second kappa shape index (κ2) is 13.1. The van der Waals surface area contributed by atoms with E-state index >= 15 is 0 Å². The predicted octanol–water partition coefficient (Wildman–Crippen LogP) is 10.9. The number of imidazole rings is 1. The van der Waals surface area contributed by atoms with Gasteiger partial charge >= 0.3 is 0 Å². The van der Waals surface area contributed by atoms with E-state index in [4.69, 9.17) is 9.72 Å². The summed E-state index contributed by atoms with van der Waals surface area (Å²) in [6.07, 6.45) is 5.42. The Hall–Kier alpha value is -6.95. The van der Waals surface area contributed by atoms with Crippen LogP contribution in [0.2, 0.25) is 0 Å². The fraction of sp³-hybridized carbons (Fsp3) is 0.0400. The van der Waals surface area contributed by atoms with Gasteiger partial charge in [-0.3, -0.25) is 4.57 Å². The van der Waals surface area contributed by atoms with Crippen LogP contribution in [0, 0.1) is 18.5 Å². The standard InChI is InChI=1S/C50H32N6O.Pt/c1-52-39-21-8-6-19-36(39)46-45-38-27-26-35(57-34-18-14-17-33(29-34)55-31-54(32-15-4-3-5-16-32)41-23-10-11-24-42(41)55)30-43(38)56(44-25-12-13-28-51-44)48(45)47-37-20-7-9-22-40(37)53(2)50(47)49(46)52;/h3-28H,1-2H3;/q-2;. The molecule has 0 aliphatic heterocycles. The summed E-state index contributed by atoms with van der Waals surface area (Å²) in [4.78, 5) is 4.95. The van der Waals surface area contributed by atoms with E-state index in [1.54, 1.807) is 0 Å². The van der Waals surface area contributed by atoms with Gasteiger partial charge in [-0.15, -0.1) is 29.7 Å². The fourth-order valence-corrected chi connectivity index (χ4v) is 9.04. The van der Waals surface area contributed by atoms with Crippen molar-refractivity contribution in [2.45, 2.75) is 0 Å². The SMILES string of the molecule is Cn1c2ccccc2c2c3c4ccc(Oc5[c-]c(-[n+]6[c-]n(-c7ccccc7)c7ccccc76)ccc5)[c-]c4n(-c4ccccn4)c3c3c4ccccc4n(C)c3c21.[Pt]. The molecule has 0 bridgehead atoms. The van der Waals surface area contributed by atoms with Crippen LogP contribution in [0.25, 0.3) is 93.6 Å². The Labute approximate surface area is 347 Å². The van der Waals surface area contributed by atoms with Crippen LogP contribution in [-0.2, 0) is 35.2 Å². The minimum Gasteiger partial charge on any atom is -0.510 e. The summed E-state index contributed by atoms with van der Waals surface area (Å²) in [7, 11) is 4.36. The van der Waals surface area contributed by atoms with Gasteiger partial charge in [-0.25, -0.2) is 4.98 Å². The van der Waals surface area contributed by atoms with Crippen molar-refractivity contribution in [3.05, 3.63) is 176 Å². The van der Waals surface area contributed by atoms with Crippen molar-refractivity contribution in [2.75, 3.05) is 0 Å². The second-order valence-electron chi connectivity index (χ2n) is 14.5. The number of para-hydroxylation sites is 5. The molecular weight excluding hydrogens is 896 g/mol. The number of aryl methyl sites for hydroxylation is 2. The Balaban J connectivity index is 0.00000385. The molecule has 0 N–H and O–H groups in total. The molecule has 0 saturated heterocycles. The van der Waals surface area contributed by atoms with Gasteiger partial charge in [0.2, 0.25) is 0 Å². The number of ether oxygens (including phenoxy) is 1. The monoisotopic (exact) mass is 927 g/mol. The minimum absolute atomic E-state index is 0. The number of benzene rings is 7. The number of rotatable bonds is 5. The van der Waals surface area contributed by atoms with Crippen LogP contribution in [-0.4, -0.2) is 23.3 Å². The van der Waals surface area contributed by atoms with Crippen molar-refractivity contribution in [1.29, 1.82) is 0 Å². The van der Waals surface area contributed by atoms with Gasteiger partial charge in [0.25, 0.3) is 6.33 Å². The second-order valence-corrected chi connectivity index (χ2v) is 14.5. The van der Waals surface area contributed by atoms with Crippen LogP contribution in [0.4, 0.5) is 0 Å². The number of fused-ring (bicyclic) bond motifs is 13. The molecule has 7 nitrogen and oxygen atoms in total. The number of hydrogen-bond acceptors (Lipinski definition) is 2. The third-order valence-electron chi connectivity index (χ3n) is 11.4. The van der Waals surface area contributed by atoms with Gasteiger partial charge in [-0.1, -0.05) is 90.4 Å². The number of nitrogens with zero attached hydrogens (tertiary/aromatic N) is 6. The molecule has 0 amide bonds. The van der Waals surface area contributed by atoms with E-state index in [2.05, 4.69) is 142 Å². The Morgan fingerprint density at radius 3 is 1.93 bits per heavy atom. The topological polar surface area (TPSA) is 45.7 Å². The molecule has 8 heteroatoms. The molecule has 0 spiro atoms. The molecule has 5 heterocycles. The van der Waals surface area contributed by atoms with E-state index in [1.807, 2.05) is 71.4 Å². The summed E-state index contributed by atoms with van der Waals surface area (Å²) >= 11 is 0. The van der Waals surface area contributed by atoms with Crippen molar-refractivity contribution in [3.63, 3.8) is 0 Å². The summed E-state index contributed by atoms with van der Waals surface area (Å²) < 4.78 is 17.8. The first-order valence-corrected chi connectivity index (χ1v) is 19.0. The van der Waals surface area contributed by atoms with Gasteiger partial charge in [0, 0.05) is 85.4 Å². The van der Waals surface area contributed by atoms with Crippen LogP contribution >= 0.6 is 0 Å². The third-order valence-corrected chi connectivity index (χ3v) is 11.4. The van der Waals surface area contributed by atoms with Gasteiger partial charge < -0.3 is 23.0 Å². The molecule has 0 atom stereocenters. The maximum atomic E-state index is 6.68. The fourth-order valence-electron chi connectivity index (χ4n) is 9.04. The van der Waals surface area contributed by atoms with E-state index < -0.39 is 0 Å². The Kier molecular flexibility index (Phi) is 7.72. The molecule has 58 heavy (non-hydrogen) atoms. The van der Waals surface area contributed by atoms with Crippen molar-refractivity contribution in [1.82, 2.24) is 23.3 Å². The zero-order valence-corrected chi connectivity index (χ0v) is 33.7. The number of hydrogen-bond donors (Lipinski definition) is 0. The molecule has 0 radical (unpaired) electrons. The number of aromatic nitrogens is 6. The summed E-state index contributed by atoms with van der Waals surface area (Å²) in [6.45, 7) is 0. The Morgan fingerprint density at radius 2 is 1.17 bits per heavy atom. The molecular formula is C50H32N6OPt-2. The maximum absolute atomic E-state index is 6.68. The molecule has 7 aromatic carbocycles. The Morgan fingerprint density at radius 1 is 0.534 bits per heavy atom. The Bertz CT molecular complexity index is 3580. The average Bonchev–Trinajstić information content (AvgIpc) is 3.98. The molecule has 0 aliphatic rings. The summed E-state index contributed by atoms with van der Waals surface area (Å²) in [6, 6.07) is 59.5. The third kappa shape index (κ3) is 4.83. The zero-order valence-electron chi connectivity index (χ0n) is 31.4. The summed E-state index contributed by atoms with van der Waals surface area (Å²) in [5, 5.41) is 7.05. The first-order valence-electron chi connectivity index (χ1n) is 19.0. The maximum Gasteiger partial charge on any atom is 0.268 e. The van der Waals surface area contributed by atoms with E-state index in [-0.39, 0.29) is 21.1 Å². The summed E-state index contributed by atoms with van der Waals surface area (Å²) in [5.74, 6) is 1.98. The molecule has 0 aliphatic carbocycles. The van der Waals surface area contributed by atoms with Gasteiger partial charge in [-0.05, 0) is 47.5 Å². The van der Waals surface area contributed by atoms with E-state index in [1.165, 1.54) is 49.0 Å². The first-order chi connectivity index (χ1) is 28.1. The van der Waals surface area contributed by atoms with Gasteiger partial charge in [0.15, 0.2) is 0 Å². The van der Waals surface area contributed by atoms with Crippen molar-refractivity contribution >= 4 is 76.5 Å². The molecule has 0 saturated carbocycles. The summed E-state index contributed by atoms with van der Waals surface area (Å²) in [5.41, 5.74) is 10.7. The molecule has 12 aromatic rings. The number of pyridine rings is 1. The molecule has 0 unspecified atom stereocenters. The van der Waals surface area contributed by atoms with E-state index in [0.717, 1.165) is 44.6 Å². The van der Waals surface area contributed by atoms with Gasteiger partial charge in [-0.2, -0.15) is 18.2 Å².